The molecule has 184 valence electrons. The molecule has 0 unspecified atom stereocenters. The molecule has 0 N–H and O–H groups in total. The first-order valence-electron chi connectivity index (χ1n) is 13.0. The highest BCUT2D eigenvalue weighted by Crippen LogP contribution is 2.24. The summed E-state index contributed by atoms with van der Waals surface area (Å²) in [4.78, 5) is 12.1. The fraction of sp³-hybridized carbons (Fsp3) is 0.607. The fourth-order valence-electron chi connectivity index (χ4n) is 4.26. The van der Waals surface area contributed by atoms with E-state index in [1.807, 2.05) is 18.2 Å². The van der Waals surface area contributed by atoms with Crippen molar-refractivity contribution in [3.63, 3.8) is 0 Å². The maximum atomic E-state index is 12.6. The molecule has 0 radical (unpaired) electrons. The lowest BCUT2D eigenvalue weighted by Gasteiger charge is -2.08. The van der Waals surface area contributed by atoms with Gasteiger partial charge in [-0.1, -0.05) is 133 Å². The zero-order valence-electron chi connectivity index (χ0n) is 20.4. The maximum Gasteiger partial charge on any atom is 0.342 e. The molecule has 2 rings (SSSR count). The highest BCUT2D eigenvalue weighted by molar-refractivity contribution is 7.87. The first kappa shape index (κ1) is 27.4. The second kappa shape index (κ2) is 15.9. The maximum absolute atomic E-state index is 12.6. The summed E-state index contributed by atoms with van der Waals surface area (Å²) in [5, 5.41) is 1.37. The molecular weight excluding hydrogens is 432 g/mol. The lowest BCUT2D eigenvalue weighted by molar-refractivity contribution is -0.133. The molecule has 0 aliphatic heterocycles. The third-order valence-corrected chi connectivity index (χ3v) is 7.51. The Labute approximate surface area is 201 Å². The molecule has 0 spiro atoms. The Balaban J connectivity index is 1.51. The van der Waals surface area contributed by atoms with Gasteiger partial charge in [0, 0.05) is 11.8 Å². The number of fused-ring (bicyclic) bond motifs is 1. The molecule has 0 heterocycles. The van der Waals surface area contributed by atoms with Crippen molar-refractivity contribution < 1.29 is 17.4 Å². The lowest BCUT2D eigenvalue weighted by Crippen LogP contribution is -2.13. The van der Waals surface area contributed by atoms with Gasteiger partial charge in [0.25, 0.3) is 0 Å². The third-order valence-electron chi connectivity index (χ3n) is 6.21. The Hall–Kier alpha value is -1.88. The summed E-state index contributed by atoms with van der Waals surface area (Å²) in [6.07, 6.45) is 18.9. The van der Waals surface area contributed by atoms with Crippen molar-refractivity contribution >= 4 is 26.9 Å². The van der Waals surface area contributed by atoms with Crippen molar-refractivity contribution in [2.75, 3.05) is 0 Å². The molecule has 33 heavy (non-hydrogen) atoms. The predicted molar refractivity (Wildman–Crippen MR) is 137 cm³/mol. The van der Waals surface area contributed by atoms with Crippen LogP contribution in [0.4, 0.5) is 0 Å². The minimum atomic E-state index is -4.11. The van der Waals surface area contributed by atoms with Gasteiger partial charge in [-0.3, -0.25) is 4.79 Å². The van der Waals surface area contributed by atoms with Crippen LogP contribution in [0, 0.1) is 0 Å². The topological polar surface area (TPSA) is 60.4 Å². The van der Waals surface area contributed by atoms with Gasteiger partial charge in [0.05, 0.1) is 0 Å². The molecule has 0 amide bonds. The zero-order valence-corrected chi connectivity index (χ0v) is 21.2. The number of benzene rings is 2. The number of hydrogen-bond acceptors (Lipinski definition) is 4. The van der Waals surface area contributed by atoms with E-state index in [0.717, 1.165) is 18.2 Å². The number of hydrogen-bond donors (Lipinski definition) is 0. The smallest absolute Gasteiger partial charge is 0.342 e. The van der Waals surface area contributed by atoms with E-state index in [1.165, 1.54) is 83.1 Å². The second-order valence-corrected chi connectivity index (χ2v) is 10.6. The Bertz CT molecular complexity index is 915. The van der Waals surface area contributed by atoms with Gasteiger partial charge in [-0.25, -0.2) is 0 Å². The highest BCUT2D eigenvalue weighted by Gasteiger charge is 2.22. The summed E-state index contributed by atoms with van der Waals surface area (Å²) in [6, 6.07) is 12.2. The SMILES string of the molecule is CCCCCCCCCCCCCCCCCC(=O)OS(=O)(=O)c1cccc2ccccc12. The molecule has 2 aromatic rings. The summed E-state index contributed by atoms with van der Waals surface area (Å²) < 4.78 is 30.0. The van der Waals surface area contributed by atoms with Crippen LogP contribution in [0.1, 0.15) is 110 Å². The van der Waals surface area contributed by atoms with Crippen LogP contribution in [-0.4, -0.2) is 14.4 Å². The summed E-state index contributed by atoms with van der Waals surface area (Å²) >= 11 is 0. The summed E-state index contributed by atoms with van der Waals surface area (Å²) in [5.74, 6) is -0.669. The van der Waals surface area contributed by atoms with E-state index in [1.54, 1.807) is 18.2 Å². The van der Waals surface area contributed by atoms with Gasteiger partial charge in [0.2, 0.25) is 0 Å². The molecule has 0 bridgehead atoms. The van der Waals surface area contributed by atoms with Gasteiger partial charge < -0.3 is 4.18 Å². The van der Waals surface area contributed by atoms with Crippen LogP contribution in [0.2, 0.25) is 0 Å². The molecule has 0 saturated carbocycles. The van der Waals surface area contributed by atoms with Crippen LogP contribution in [0.25, 0.3) is 10.8 Å². The first-order chi connectivity index (χ1) is 16.0. The minimum absolute atomic E-state index is 0.0467. The van der Waals surface area contributed by atoms with E-state index >= 15 is 0 Å². The van der Waals surface area contributed by atoms with Gasteiger partial charge in [-0.05, 0) is 17.9 Å². The van der Waals surface area contributed by atoms with Crippen LogP contribution < -0.4 is 0 Å². The van der Waals surface area contributed by atoms with Crippen LogP contribution >= 0.6 is 0 Å². The molecule has 0 aromatic heterocycles. The third kappa shape index (κ3) is 10.7. The molecule has 4 nitrogen and oxygen atoms in total. The van der Waals surface area contributed by atoms with E-state index < -0.39 is 16.1 Å². The van der Waals surface area contributed by atoms with Gasteiger partial charge in [-0.2, -0.15) is 8.42 Å². The Kier molecular flexibility index (Phi) is 13.2. The molecule has 0 aliphatic carbocycles. The molecule has 5 heteroatoms. The average molecular weight is 475 g/mol. The highest BCUT2D eigenvalue weighted by atomic mass is 32.2. The number of carbonyl (C=O) groups excluding carboxylic acids is 1. The minimum Gasteiger partial charge on any atom is -0.342 e. The molecular formula is C28H42O4S. The molecule has 0 atom stereocenters. The molecule has 0 fully saturated rings. The summed E-state index contributed by atoms with van der Waals surface area (Å²) in [6.45, 7) is 2.26. The largest absolute Gasteiger partial charge is 0.342 e. The quantitative estimate of drug-likeness (QED) is 0.161. The number of unbranched alkanes of at least 4 members (excludes halogenated alkanes) is 14. The number of rotatable bonds is 18. The van der Waals surface area contributed by atoms with Crippen LogP contribution in [0.15, 0.2) is 47.4 Å². The van der Waals surface area contributed by atoms with Crippen LogP contribution in [0.5, 0.6) is 0 Å². The lowest BCUT2D eigenvalue weighted by atomic mass is 10.0. The Morgan fingerprint density at radius 2 is 1.15 bits per heavy atom. The Morgan fingerprint density at radius 1 is 0.667 bits per heavy atom. The monoisotopic (exact) mass is 474 g/mol. The molecule has 0 aliphatic rings. The van der Waals surface area contributed by atoms with Crippen molar-refractivity contribution in [2.24, 2.45) is 0 Å². The van der Waals surface area contributed by atoms with Gasteiger partial charge in [0.1, 0.15) is 4.90 Å². The van der Waals surface area contributed by atoms with E-state index in [0.29, 0.717) is 11.8 Å². The van der Waals surface area contributed by atoms with Crippen LogP contribution in [-0.2, 0) is 19.1 Å². The summed E-state index contributed by atoms with van der Waals surface area (Å²) in [5.41, 5.74) is 0. The standard InChI is InChI=1S/C28H42O4S/c1-2-3-4-5-6-7-8-9-10-11-12-13-14-15-16-24-28(29)32-33(30,31)27-23-19-21-25-20-17-18-22-26(25)27/h17-23H,2-16,24H2,1H3. The predicted octanol–water partition coefficient (Wildman–Crippen LogP) is 8.33. The van der Waals surface area contributed by atoms with E-state index in [2.05, 4.69) is 6.92 Å². The van der Waals surface area contributed by atoms with Gasteiger partial charge in [0.15, 0.2) is 0 Å². The number of carbonyl (C=O) groups is 1. The van der Waals surface area contributed by atoms with Gasteiger partial charge in [-0.15, -0.1) is 0 Å². The molecule has 2 aromatic carbocycles. The zero-order chi connectivity index (χ0) is 23.8. The van der Waals surface area contributed by atoms with Gasteiger partial charge >= 0.3 is 16.1 Å². The molecule has 0 saturated heterocycles. The van der Waals surface area contributed by atoms with Crippen molar-refractivity contribution in [3.8, 4) is 0 Å². The van der Waals surface area contributed by atoms with E-state index in [4.69, 9.17) is 4.18 Å². The van der Waals surface area contributed by atoms with Crippen molar-refractivity contribution in [1.29, 1.82) is 0 Å². The van der Waals surface area contributed by atoms with E-state index in [-0.39, 0.29) is 11.3 Å². The van der Waals surface area contributed by atoms with Crippen molar-refractivity contribution in [1.82, 2.24) is 0 Å². The summed E-state index contributed by atoms with van der Waals surface area (Å²) in [7, 11) is -4.11. The van der Waals surface area contributed by atoms with Crippen LogP contribution in [0.3, 0.4) is 0 Å². The van der Waals surface area contributed by atoms with Crippen molar-refractivity contribution in [3.05, 3.63) is 42.5 Å². The second-order valence-electron chi connectivity index (χ2n) is 9.09. The average Bonchev–Trinajstić information content (AvgIpc) is 2.81. The van der Waals surface area contributed by atoms with E-state index in [9.17, 15) is 13.2 Å². The Morgan fingerprint density at radius 3 is 1.73 bits per heavy atom. The van der Waals surface area contributed by atoms with Crippen molar-refractivity contribution in [2.45, 2.75) is 115 Å². The first-order valence-corrected chi connectivity index (χ1v) is 14.4. The fourth-order valence-corrected chi connectivity index (χ4v) is 5.38. The normalized spacial score (nSPS) is 11.7.